The molecule has 112 valence electrons. The molecule has 0 radical (unpaired) electrons. The summed E-state index contributed by atoms with van der Waals surface area (Å²) < 4.78 is 27.4. The average Bonchev–Trinajstić information content (AvgIpc) is 2.35. The normalized spacial score (nSPS) is 24.2. The van der Waals surface area contributed by atoms with E-state index in [-0.39, 0.29) is 23.0 Å². The van der Waals surface area contributed by atoms with E-state index in [1.807, 2.05) is 13.8 Å². The summed E-state index contributed by atoms with van der Waals surface area (Å²) in [5.74, 6) is 0.214. The van der Waals surface area contributed by atoms with E-state index in [0.29, 0.717) is 24.3 Å². The van der Waals surface area contributed by atoms with Crippen LogP contribution < -0.4 is 4.72 Å². The van der Waals surface area contributed by atoms with Crippen molar-refractivity contribution in [3.05, 3.63) is 28.8 Å². The molecule has 0 amide bonds. The van der Waals surface area contributed by atoms with Crippen LogP contribution in [0.1, 0.15) is 31.7 Å². The predicted octanol–water partition coefficient (Wildman–Crippen LogP) is 2.48. The Morgan fingerprint density at radius 2 is 2.10 bits per heavy atom. The Hall–Kier alpha value is -0.620. The number of sulfonamides is 1. The molecular weight excluding hydrogens is 298 g/mol. The fourth-order valence-electron chi connectivity index (χ4n) is 2.48. The number of aliphatic hydroxyl groups excluding tert-OH is 1. The van der Waals surface area contributed by atoms with Crippen LogP contribution >= 0.6 is 11.6 Å². The molecule has 0 aliphatic heterocycles. The number of halogens is 1. The van der Waals surface area contributed by atoms with E-state index in [9.17, 15) is 13.5 Å². The van der Waals surface area contributed by atoms with Crippen LogP contribution in [0, 0.1) is 12.8 Å². The predicted molar refractivity (Wildman–Crippen MR) is 79.3 cm³/mol. The van der Waals surface area contributed by atoms with E-state index in [0.717, 1.165) is 5.56 Å². The second-order valence-corrected chi connectivity index (χ2v) is 7.55. The van der Waals surface area contributed by atoms with Crippen LogP contribution in [-0.4, -0.2) is 25.7 Å². The smallest absolute Gasteiger partial charge is 0.240 e. The molecule has 2 N–H and O–H groups in total. The van der Waals surface area contributed by atoms with Crippen molar-refractivity contribution < 1.29 is 13.5 Å². The van der Waals surface area contributed by atoms with Crippen molar-refractivity contribution in [1.29, 1.82) is 0 Å². The molecule has 1 atom stereocenters. The Kier molecular flexibility index (Phi) is 4.74. The van der Waals surface area contributed by atoms with Crippen LogP contribution in [0.4, 0.5) is 0 Å². The summed E-state index contributed by atoms with van der Waals surface area (Å²) in [4.78, 5) is 0.187. The number of hydrogen-bond acceptors (Lipinski definition) is 3. The first-order valence-electron chi connectivity index (χ1n) is 6.80. The Bertz CT molecular complexity index is 582. The molecule has 4 nitrogen and oxygen atoms in total. The molecule has 0 spiro atoms. The zero-order valence-corrected chi connectivity index (χ0v) is 13.2. The second kappa shape index (κ2) is 6.02. The first kappa shape index (κ1) is 15.8. The van der Waals surface area contributed by atoms with E-state index in [2.05, 4.69) is 4.72 Å². The fraction of sp³-hybridized carbons (Fsp3) is 0.571. The average molecular weight is 318 g/mol. The summed E-state index contributed by atoms with van der Waals surface area (Å²) in [7, 11) is -3.57. The van der Waals surface area contributed by atoms with Gasteiger partial charge in [0.1, 0.15) is 0 Å². The number of benzene rings is 1. The fourth-order valence-corrected chi connectivity index (χ4v) is 4.14. The van der Waals surface area contributed by atoms with Crippen LogP contribution in [0.15, 0.2) is 23.1 Å². The van der Waals surface area contributed by atoms with Gasteiger partial charge in [-0.2, -0.15) is 0 Å². The molecule has 0 heterocycles. The van der Waals surface area contributed by atoms with Crippen molar-refractivity contribution in [2.45, 2.75) is 50.2 Å². The van der Waals surface area contributed by atoms with E-state index >= 15 is 0 Å². The van der Waals surface area contributed by atoms with Crippen molar-refractivity contribution in [3.8, 4) is 0 Å². The highest BCUT2D eigenvalue weighted by Gasteiger charge is 2.35. The number of nitrogens with one attached hydrogen (secondary N) is 1. The lowest BCUT2D eigenvalue weighted by Gasteiger charge is -2.37. The summed E-state index contributed by atoms with van der Waals surface area (Å²) in [6.45, 7) is 3.77. The lowest BCUT2D eigenvalue weighted by atomic mass is 9.77. The topological polar surface area (TPSA) is 66.4 Å². The summed E-state index contributed by atoms with van der Waals surface area (Å²) >= 11 is 5.99. The molecule has 1 fully saturated rings. The van der Waals surface area contributed by atoms with Gasteiger partial charge in [0.25, 0.3) is 0 Å². The Labute approximate surface area is 125 Å². The number of aryl methyl sites for hydroxylation is 1. The summed E-state index contributed by atoms with van der Waals surface area (Å²) in [5.41, 5.74) is 0.847. The quantitative estimate of drug-likeness (QED) is 0.876. The van der Waals surface area contributed by atoms with E-state index in [1.165, 1.54) is 6.07 Å². The number of hydrogen-bond donors (Lipinski definition) is 2. The SMILES string of the molecule is CC[C@H](NS(=O)(=O)c1ccc(C)c(Cl)c1)C1CC(O)C1. The molecule has 1 saturated carbocycles. The van der Waals surface area contributed by atoms with Crippen molar-refractivity contribution in [2.24, 2.45) is 5.92 Å². The molecule has 20 heavy (non-hydrogen) atoms. The van der Waals surface area contributed by atoms with Crippen LogP contribution in [-0.2, 0) is 10.0 Å². The highest BCUT2D eigenvalue weighted by Crippen LogP contribution is 2.32. The van der Waals surface area contributed by atoms with Crippen molar-refractivity contribution in [1.82, 2.24) is 4.72 Å². The third-order valence-electron chi connectivity index (χ3n) is 3.92. The zero-order chi connectivity index (χ0) is 14.9. The molecular formula is C14H20ClNO3S. The van der Waals surface area contributed by atoms with Gasteiger partial charge in [0, 0.05) is 11.1 Å². The first-order chi connectivity index (χ1) is 9.33. The van der Waals surface area contributed by atoms with Crippen molar-refractivity contribution >= 4 is 21.6 Å². The van der Waals surface area contributed by atoms with Crippen molar-refractivity contribution in [3.63, 3.8) is 0 Å². The van der Waals surface area contributed by atoms with E-state index in [4.69, 9.17) is 11.6 Å². The van der Waals surface area contributed by atoms with Crippen molar-refractivity contribution in [2.75, 3.05) is 0 Å². The van der Waals surface area contributed by atoms with Gasteiger partial charge in [0.2, 0.25) is 10.0 Å². The molecule has 2 rings (SSSR count). The van der Waals surface area contributed by atoms with Gasteiger partial charge in [-0.1, -0.05) is 24.6 Å². The van der Waals surface area contributed by atoms with Gasteiger partial charge in [0.05, 0.1) is 11.0 Å². The standard InChI is InChI=1S/C14H20ClNO3S/c1-3-14(10-6-11(17)7-10)16-20(18,19)12-5-4-9(2)13(15)8-12/h4-5,8,10-11,14,16-17H,3,6-7H2,1-2H3/t10?,11?,14-/m0/s1. The monoisotopic (exact) mass is 317 g/mol. The molecule has 1 aromatic carbocycles. The van der Waals surface area contributed by atoms with Gasteiger partial charge in [-0.25, -0.2) is 13.1 Å². The maximum Gasteiger partial charge on any atom is 0.240 e. The van der Waals surface area contributed by atoms with E-state index < -0.39 is 10.0 Å². The van der Waals surface area contributed by atoms with Crippen LogP contribution in [0.5, 0.6) is 0 Å². The highest BCUT2D eigenvalue weighted by molar-refractivity contribution is 7.89. The molecule has 1 aliphatic carbocycles. The lowest BCUT2D eigenvalue weighted by Crippen LogP contribution is -2.46. The molecule has 0 unspecified atom stereocenters. The minimum Gasteiger partial charge on any atom is -0.393 e. The minimum absolute atomic E-state index is 0.136. The van der Waals surface area contributed by atoms with Crippen LogP contribution in [0.25, 0.3) is 0 Å². The lowest BCUT2D eigenvalue weighted by molar-refractivity contribution is 0.0277. The third-order valence-corrected chi connectivity index (χ3v) is 5.81. The summed E-state index contributed by atoms with van der Waals surface area (Å²) in [6.07, 6.45) is 1.74. The van der Waals surface area contributed by atoms with Crippen LogP contribution in [0.2, 0.25) is 5.02 Å². The molecule has 6 heteroatoms. The molecule has 0 saturated heterocycles. The molecule has 1 aromatic rings. The maximum absolute atomic E-state index is 12.4. The Morgan fingerprint density at radius 1 is 1.45 bits per heavy atom. The highest BCUT2D eigenvalue weighted by atomic mass is 35.5. The minimum atomic E-state index is -3.57. The third kappa shape index (κ3) is 3.34. The van der Waals surface area contributed by atoms with Gasteiger partial charge in [-0.3, -0.25) is 0 Å². The Balaban J connectivity index is 2.15. The molecule has 1 aliphatic rings. The Morgan fingerprint density at radius 3 is 2.60 bits per heavy atom. The van der Waals surface area contributed by atoms with Crippen LogP contribution in [0.3, 0.4) is 0 Å². The van der Waals surface area contributed by atoms with Gasteiger partial charge >= 0.3 is 0 Å². The summed E-state index contributed by atoms with van der Waals surface area (Å²) in [5, 5.41) is 9.79. The zero-order valence-electron chi connectivity index (χ0n) is 11.6. The first-order valence-corrected chi connectivity index (χ1v) is 8.66. The molecule has 0 bridgehead atoms. The summed E-state index contributed by atoms with van der Waals surface area (Å²) in [6, 6.07) is 4.60. The molecule has 0 aromatic heterocycles. The van der Waals surface area contributed by atoms with Gasteiger partial charge in [0.15, 0.2) is 0 Å². The largest absolute Gasteiger partial charge is 0.393 e. The van der Waals surface area contributed by atoms with Gasteiger partial charge in [-0.05, 0) is 49.8 Å². The van der Waals surface area contributed by atoms with E-state index in [1.54, 1.807) is 12.1 Å². The van der Waals surface area contributed by atoms with Gasteiger partial charge < -0.3 is 5.11 Å². The van der Waals surface area contributed by atoms with Gasteiger partial charge in [-0.15, -0.1) is 0 Å². The second-order valence-electron chi connectivity index (χ2n) is 5.43. The number of rotatable bonds is 5. The number of aliphatic hydroxyl groups is 1. The maximum atomic E-state index is 12.4.